The number of benzene rings is 2. The highest BCUT2D eigenvalue weighted by atomic mass is 35.5. The van der Waals surface area contributed by atoms with Gasteiger partial charge in [-0.25, -0.2) is 4.99 Å². The fourth-order valence-electron chi connectivity index (χ4n) is 1.62. The maximum Gasteiger partial charge on any atom is 0.230 e. The predicted molar refractivity (Wildman–Crippen MR) is 96.0 cm³/mol. The van der Waals surface area contributed by atoms with Gasteiger partial charge in [-0.1, -0.05) is 48.5 Å². The predicted octanol–water partition coefficient (Wildman–Crippen LogP) is 2.82. The Morgan fingerprint density at radius 1 is 0.909 bits per heavy atom. The summed E-state index contributed by atoms with van der Waals surface area (Å²) in [6.45, 7) is 0. The molecule has 0 saturated heterocycles. The maximum atomic E-state index is 5.41. The molecule has 0 aliphatic carbocycles. The fraction of sp³-hybridized carbons (Fsp3) is 0. The second kappa shape index (κ2) is 9.20. The maximum absolute atomic E-state index is 5.41. The summed E-state index contributed by atoms with van der Waals surface area (Å²) in [4.78, 5) is 8.20. The number of aliphatic imine (C=N–C) groups is 2. The van der Waals surface area contributed by atoms with E-state index in [1.807, 2.05) is 66.7 Å². The topological polar surface area (TPSA) is 88.8 Å². The molecule has 2 aromatic carbocycles. The van der Waals surface area contributed by atoms with Crippen LogP contribution in [0.4, 0.5) is 5.69 Å². The van der Waals surface area contributed by atoms with Gasteiger partial charge in [-0.15, -0.1) is 12.4 Å². The number of nitrogens with zero attached hydrogens (tertiary/aromatic N) is 2. The van der Waals surface area contributed by atoms with Crippen molar-refractivity contribution < 1.29 is 0 Å². The Labute approximate surface area is 135 Å². The zero-order valence-electron chi connectivity index (χ0n) is 11.9. The van der Waals surface area contributed by atoms with Crippen LogP contribution in [0.5, 0.6) is 0 Å². The first-order chi connectivity index (χ1) is 10.2. The number of para-hydroxylation sites is 1. The van der Waals surface area contributed by atoms with E-state index in [1.54, 1.807) is 6.20 Å². The van der Waals surface area contributed by atoms with Gasteiger partial charge in [0.05, 0.1) is 0 Å². The second-order valence-electron chi connectivity index (χ2n) is 4.21. The van der Waals surface area contributed by atoms with E-state index in [0.29, 0.717) is 5.96 Å². The average Bonchev–Trinajstić information content (AvgIpc) is 2.49. The lowest BCUT2D eigenvalue weighted by Crippen LogP contribution is -2.26. The van der Waals surface area contributed by atoms with Gasteiger partial charge in [0.2, 0.25) is 5.96 Å². The van der Waals surface area contributed by atoms with Crippen LogP contribution >= 0.6 is 12.4 Å². The van der Waals surface area contributed by atoms with E-state index < -0.39 is 0 Å². The summed E-state index contributed by atoms with van der Waals surface area (Å²) < 4.78 is 0. The largest absolute Gasteiger partial charge is 0.370 e. The summed E-state index contributed by atoms with van der Waals surface area (Å²) in [5.41, 5.74) is 12.7. The molecule has 2 aromatic rings. The van der Waals surface area contributed by atoms with E-state index >= 15 is 0 Å². The summed E-state index contributed by atoms with van der Waals surface area (Å²) >= 11 is 0. The van der Waals surface area contributed by atoms with Crippen molar-refractivity contribution in [2.45, 2.75) is 0 Å². The zero-order valence-corrected chi connectivity index (χ0v) is 12.7. The summed E-state index contributed by atoms with van der Waals surface area (Å²) in [6, 6.07) is 19.4. The SMILES string of the molecule is Cl.NC(N)=NC(=NC=Cc1ccccc1)Nc1ccccc1. The Morgan fingerprint density at radius 3 is 2.09 bits per heavy atom. The molecule has 2 rings (SSSR count). The van der Waals surface area contributed by atoms with Gasteiger partial charge in [0.15, 0.2) is 5.96 Å². The number of nitrogens with two attached hydrogens (primary N) is 2. The minimum atomic E-state index is -0.0507. The van der Waals surface area contributed by atoms with Gasteiger partial charge in [0, 0.05) is 11.9 Å². The molecule has 0 unspecified atom stereocenters. The molecule has 5 N–H and O–H groups in total. The Kier molecular flexibility index (Phi) is 7.22. The Balaban J connectivity index is 0.00000242. The molecule has 0 radical (unpaired) electrons. The van der Waals surface area contributed by atoms with Crippen molar-refractivity contribution in [1.82, 2.24) is 0 Å². The molecule has 0 atom stereocenters. The third-order valence-corrected chi connectivity index (χ3v) is 2.53. The highest BCUT2D eigenvalue weighted by Crippen LogP contribution is 2.06. The van der Waals surface area contributed by atoms with Crippen LogP contribution in [0.3, 0.4) is 0 Å². The molecule has 114 valence electrons. The molecule has 0 heterocycles. The first-order valence-corrected chi connectivity index (χ1v) is 6.45. The van der Waals surface area contributed by atoms with Crippen molar-refractivity contribution in [3.05, 3.63) is 72.4 Å². The molecule has 6 heteroatoms. The van der Waals surface area contributed by atoms with E-state index in [2.05, 4.69) is 15.3 Å². The van der Waals surface area contributed by atoms with E-state index in [0.717, 1.165) is 11.3 Å². The Hall–Kier alpha value is -2.79. The average molecular weight is 316 g/mol. The highest BCUT2D eigenvalue weighted by molar-refractivity contribution is 6.01. The highest BCUT2D eigenvalue weighted by Gasteiger charge is 1.97. The molecule has 0 aliphatic heterocycles. The first-order valence-electron chi connectivity index (χ1n) is 6.45. The van der Waals surface area contributed by atoms with Crippen LogP contribution in [0, 0.1) is 0 Å². The molecule has 22 heavy (non-hydrogen) atoms. The molecule has 0 aliphatic rings. The molecule has 0 bridgehead atoms. The summed E-state index contributed by atoms with van der Waals surface area (Å²) in [5, 5.41) is 3.05. The van der Waals surface area contributed by atoms with Gasteiger partial charge >= 0.3 is 0 Å². The lowest BCUT2D eigenvalue weighted by atomic mass is 10.2. The number of halogens is 1. The molecule has 0 aromatic heterocycles. The smallest absolute Gasteiger partial charge is 0.230 e. The van der Waals surface area contributed by atoms with Gasteiger partial charge in [-0.2, -0.15) is 4.99 Å². The minimum absolute atomic E-state index is 0. The third-order valence-electron chi connectivity index (χ3n) is 2.53. The second-order valence-corrected chi connectivity index (χ2v) is 4.21. The number of hydrogen-bond acceptors (Lipinski definition) is 1. The lowest BCUT2D eigenvalue weighted by molar-refractivity contribution is 1.41. The Morgan fingerprint density at radius 2 is 1.50 bits per heavy atom. The van der Waals surface area contributed by atoms with Crippen LogP contribution in [0.15, 0.2) is 76.8 Å². The molecule has 5 nitrogen and oxygen atoms in total. The van der Waals surface area contributed by atoms with Crippen LogP contribution in [0.2, 0.25) is 0 Å². The quantitative estimate of drug-likeness (QED) is 0.601. The van der Waals surface area contributed by atoms with Gasteiger partial charge in [0.25, 0.3) is 0 Å². The van der Waals surface area contributed by atoms with E-state index in [9.17, 15) is 0 Å². The summed E-state index contributed by atoms with van der Waals surface area (Å²) in [5.74, 6) is 0.277. The van der Waals surface area contributed by atoms with Gasteiger partial charge in [0.1, 0.15) is 0 Å². The van der Waals surface area contributed by atoms with Gasteiger partial charge in [-0.05, 0) is 23.8 Å². The molecular formula is C16H18ClN5. The van der Waals surface area contributed by atoms with Crippen molar-refractivity contribution in [3.63, 3.8) is 0 Å². The number of rotatable bonds is 3. The normalized spacial score (nSPS) is 10.8. The van der Waals surface area contributed by atoms with E-state index in [4.69, 9.17) is 11.5 Å². The van der Waals surface area contributed by atoms with Crippen LogP contribution in [0.1, 0.15) is 5.56 Å². The molecule has 0 spiro atoms. The standard InChI is InChI=1S/C16H17N5.ClH/c17-15(18)21-16(20-14-9-5-2-6-10-14)19-12-11-13-7-3-1-4-8-13;/h1-12H,(H5,17,18,19,20,21);1H. The minimum Gasteiger partial charge on any atom is -0.370 e. The van der Waals surface area contributed by atoms with E-state index in [-0.39, 0.29) is 18.4 Å². The number of nitrogens with one attached hydrogen (secondary N) is 1. The van der Waals surface area contributed by atoms with Gasteiger partial charge < -0.3 is 16.8 Å². The van der Waals surface area contributed by atoms with Crippen molar-refractivity contribution in [1.29, 1.82) is 0 Å². The molecule has 0 amide bonds. The number of hydrogen-bond donors (Lipinski definition) is 3. The van der Waals surface area contributed by atoms with Crippen LogP contribution in [-0.4, -0.2) is 11.9 Å². The van der Waals surface area contributed by atoms with Crippen LogP contribution in [0.25, 0.3) is 6.08 Å². The fourth-order valence-corrected chi connectivity index (χ4v) is 1.62. The first kappa shape index (κ1) is 17.3. The zero-order chi connectivity index (χ0) is 14.9. The molecule has 0 fully saturated rings. The number of anilines is 1. The number of guanidine groups is 2. The lowest BCUT2D eigenvalue weighted by Gasteiger charge is -2.04. The molecular weight excluding hydrogens is 298 g/mol. The third kappa shape index (κ3) is 6.11. The summed E-state index contributed by atoms with van der Waals surface area (Å²) in [7, 11) is 0. The van der Waals surface area contributed by atoms with Crippen molar-refractivity contribution in [2.24, 2.45) is 21.5 Å². The van der Waals surface area contributed by atoms with Crippen molar-refractivity contribution in [3.8, 4) is 0 Å². The van der Waals surface area contributed by atoms with Gasteiger partial charge in [-0.3, -0.25) is 0 Å². The van der Waals surface area contributed by atoms with Crippen LogP contribution < -0.4 is 16.8 Å². The van der Waals surface area contributed by atoms with Crippen molar-refractivity contribution >= 4 is 36.1 Å². The van der Waals surface area contributed by atoms with Crippen molar-refractivity contribution in [2.75, 3.05) is 5.32 Å². The summed E-state index contributed by atoms with van der Waals surface area (Å²) in [6.07, 6.45) is 3.52. The monoisotopic (exact) mass is 315 g/mol. The Bertz CT molecular complexity index is 647. The van der Waals surface area contributed by atoms with E-state index in [1.165, 1.54) is 0 Å². The molecule has 0 saturated carbocycles. The van der Waals surface area contributed by atoms with Crippen LogP contribution in [-0.2, 0) is 0 Å².